The van der Waals surface area contributed by atoms with E-state index >= 15 is 0 Å². The van der Waals surface area contributed by atoms with Gasteiger partial charge in [0.05, 0.1) is 4.75 Å². The minimum Gasteiger partial charge on any atom is -0.339 e. The topological polar surface area (TPSA) is 35.5 Å². The quantitative estimate of drug-likeness (QED) is 0.501. The van der Waals surface area contributed by atoms with Crippen LogP contribution < -0.4 is 5.48 Å². The molecule has 0 aromatic heterocycles. The molecule has 1 rings (SSSR count). The van der Waals surface area contributed by atoms with Crippen molar-refractivity contribution in [2.75, 3.05) is 7.05 Å². The summed E-state index contributed by atoms with van der Waals surface area (Å²) >= 11 is 6.74. The molecule has 5 heteroatoms. The van der Waals surface area contributed by atoms with Crippen LogP contribution in [0.4, 0.5) is 0 Å². The van der Waals surface area contributed by atoms with Crippen LogP contribution in [-0.2, 0) is 0 Å². The van der Waals surface area contributed by atoms with Gasteiger partial charge in [-0.15, -0.1) is 0 Å². The fourth-order valence-corrected chi connectivity index (χ4v) is 3.13. The highest BCUT2D eigenvalue weighted by Gasteiger charge is 2.52. The molecule has 0 amide bonds. The largest absolute Gasteiger partial charge is 0.339 e. The Morgan fingerprint density at radius 1 is 1.50 bits per heavy atom. The molecule has 3 nitrogen and oxygen atoms in total. The Labute approximate surface area is 82.5 Å². The highest BCUT2D eigenvalue weighted by molar-refractivity contribution is 8.24. The zero-order valence-electron chi connectivity index (χ0n) is 7.71. The monoisotopic (exact) mass is 206 g/mol. The first kappa shape index (κ1) is 10.2. The maximum absolute atomic E-state index is 9.08. The van der Waals surface area contributed by atoms with Gasteiger partial charge in [0.25, 0.3) is 0 Å². The second-order valence-electron chi connectivity index (χ2n) is 3.62. The molecule has 0 unspecified atom stereocenters. The van der Waals surface area contributed by atoms with Gasteiger partial charge in [0.15, 0.2) is 0 Å². The van der Waals surface area contributed by atoms with E-state index in [2.05, 4.69) is 19.3 Å². The van der Waals surface area contributed by atoms with Gasteiger partial charge >= 0.3 is 0 Å². The first-order valence-corrected chi connectivity index (χ1v) is 4.96. The van der Waals surface area contributed by atoms with Crippen LogP contribution in [-0.4, -0.2) is 31.9 Å². The van der Waals surface area contributed by atoms with Gasteiger partial charge in [-0.05, 0) is 20.8 Å². The molecule has 2 N–H and O–H groups in total. The molecule has 0 aliphatic carbocycles. The molecule has 1 aliphatic heterocycles. The molecule has 1 fully saturated rings. The molecular weight excluding hydrogens is 192 g/mol. The number of thiocarbonyl (C=S) groups is 1. The lowest BCUT2D eigenvalue weighted by molar-refractivity contribution is -0.00580. The Morgan fingerprint density at radius 3 is 2.17 bits per heavy atom. The second-order valence-corrected chi connectivity index (χ2v) is 5.88. The summed E-state index contributed by atoms with van der Waals surface area (Å²) in [6.07, 6.45) is 0. The zero-order chi connectivity index (χ0) is 9.57. The summed E-state index contributed by atoms with van der Waals surface area (Å²) in [5, 5.41) is 9.08. The third-order valence-electron chi connectivity index (χ3n) is 2.68. The fraction of sp³-hybridized carbons (Fsp3) is 0.857. The van der Waals surface area contributed by atoms with Gasteiger partial charge in [0, 0.05) is 7.05 Å². The molecule has 1 aliphatic rings. The molecule has 0 spiro atoms. The van der Waals surface area contributed by atoms with E-state index in [9.17, 15) is 0 Å². The van der Waals surface area contributed by atoms with Crippen LogP contribution in [0.1, 0.15) is 20.8 Å². The average Bonchev–Trinajstić information content (AvgIpc) is 2.12. The van der Waals surface area contributed by atoms with E-state index in [0.717, 1.165) is 4.32 Å². The number of rotatable bonds is 1. The Hall–Kier alpha value is 0.160. The minimum absolute atomic E-state index is 0.117. The summed E-state index contributed by atoms with van der Waals surface area (Å²) in [5.74, 6) is 0. The summed E-state index contributed by atoms with van der Waals surface area (Å²) in [4.78, 5) is 1.88. The van der Waals surface area contributed by atoms with Crippen molar-refractivity contribution in [1.82, 2.24) is 10.4 Å². The lowest BCUT2D eigenvalue weighted by Gasteiger charge is -2.39. The summed E-state index contributed by atoms with van der Waals surface area (Å²) in [5.41, 5.74) is 1.85. The highest BCUT2D eigenvalue weighted by Crippen LogP contribution is 2.45. The van der Waals surface area contributed by atoms with Crippen molar-refractivity contribution in [3.63, 3.8) is 0 Å². The molecule has 0 aromatic carbocycles. The third kappa shape index (κ3) is 1.16. The van der Waals surface area contributed by atoms with Crippen molar-refractivity contribution in [1.29, 1.82) is 0 Å². The number of hydrogen-bond acceptors (Lipinski definition) is 4. The number of hydroxylamine groups is 1. The average molecular weight is 206 g/mol. The van der Waals surface area contributed by atoms with Gasteiger partial charge < -0.3 is 10.1 Å². The molecule has 1 saturated heterocycles. The highest BCUT2D eigenvalue weighted by atomic mass is 32.2. The van der Waals surface area contributed by atoms with E-state index < -0.39 is 5.66 Å². The standard InChI is InChI=1S/C7H14N2OS2/c1-6(2)7(3,8-10)9(4)5(11)12-6/h8,10H,1-4H3/t7-/m0/s1. The van der Waals surface area contributed by atoms with Crippen molar-refractivity contribution < 1.29 is 5.21 Å². The van der Waals surface area contributed by atoms with E-state index in [-0.39, 0.29) is 4.75 Å². The molecule has 0 aromatic rings. The number of hydrogen-bond donors (Lipinski definition) is 2. The molecule has 0 radical (unpaired) electrons. The predicted molar refractivity (Wildman–Crippen MR) is 55.4 cm³/mol. The fourth-order valence-electron chi connectivity index (χ4n) is 1.18. The number of nitrogens with zero attached hydrogens (tertiary/aromatic N) is 1. The zero-order valence-corrected chi connectivity index (χ0v) is 9.34. The van der Waals surface area contributed by atoms with Crippen molar-refractivity contribution in [3.05, 3.63) is 0 Å². The minimum atomic E-state index is -0.477. The molecular formula is C7H14N2OS2. The maximum atomic E-state index is 9.08. The Balaban J connectivity index is 3.04. The van der Waals surface area contributed by atoms with E-state index in [1.165, 1.54) is 0 Å². The molecule has 0 bridgehead atoms. The summed E-state index contributed by atoms with van der Waals surface area (Å²) in [6.45, 7) is 6.03. The maximum Gasteiger partial charge on any atom is 0.138 e. The Kier molecular flexibility index (Phi) is 2.42. The Bertz CT molecular complexity index is 219. The van der Waals surface area contributed by atoms with Crippen LogP contribution in [0.5, 0.6) is 0 Å². The van der Waals surface area contributed by atoms with Crippen LogP contribution in [0.3, 0.4) is 0 Å². The normalized spacial score (nSPS) is 34.4. The SMILES string of the molecule is CN1C(=S)SC(C)(C)[C@@]1(C)NO. The van der Waals surface area contributed by atoms with E-state index in [1.54, 1.807) is 11.8 Å². The number of nitrogens with one attached hydrogen (secondary N) is 1. The summed E-state index contributed by atoms with van der Waals surface area (Å²) in [6, 6.07) is 0. The molecule has 1 heterocycles. The van der Waals surface area contributed by atoms with Crippen LogP contribution in [0.15, 0.2) is 0 Å². The first-order valence-electron chi connectivity index (χ1n) is 3.73. The van der Waals surface area contributed by atoms with Crippen LogP contribution in [0.25, 0.3) is 0 Å². The van der Waals surface area contributed by atoms with Crippen molar-refractivity contribution in [2.24, 2.45) is 0 Å². The molecule has 70 valence electrons. The summed E-state index contributed by atoms with van der Waals surface area (Å²) < 4.78 is 0.692. The van der Waals surface area contributed by atoms with Crippen LogP contribution in [0, 0.1) is 0 Å². The van der Waals surface area contributed by atoms with E-state index in [1.807, 2.05) is 18.9 Å². The van der Waals surface area contributed by atoms with E-state index in [0.29, 0.717) is 0 Å². The van der Waals surface area contributed by atoms with Gasteiger partial charge in [-0.3, -0.25) is 0 Å². The molecule has 0 saturated carbocycles. The lowest BCUT2D eigenvalue weighted by Crippen LogP contribution is -2.60. The predicted octanol–water partition coefficient (Wildman–Crippen LogP) is 1.42. The van der Waals surface area contributed by atoms with E-state index in [4.69, 9.17) is 17.4 Å². The van der Waals surface area contributed by atoms with Gasteiger partial charge in [-0.25, -0.2) is 0 Å². The van der Waals surface area contributed by atoms with Crippen LogP contribution in [0.2, 0.25) is 0 Å². The summed E-state index contributed by atoms with van der Waals surface area (Å²) in [7, 11) is 1.88. The molecule has 12 heavy (non-hydrogen) atoms. The van der Waals surface area contributed by atoms with Gasteiger partial charge in [-0.2, -0.15) is 5.48 Å². The van der Waals surface area contributed by atoms with Crippen molar-refractivity contribution >= 4 is 28.3 Å². The van der Waals surface area contributed by atoms with Crippen LogP contribution >= 0.6 is 24.0 Å². The Morgan fingerprint density at radius 2 is 2.00 bits per heavy atom. The number of thioether (sulfide) groups is 1. The second kappa shape index (κ2) is 2.83. The first-order chi connectivity index (χ1) is 5.35. The van der Waals surface area contributed by atoms with Gasteiger partial charge in [0.2, 0.25) is 0 Å². The van der Waals surface area contributed by atoms with Crippen molar-refractivity contribution in [3.8, 4) is 0 Å². The lowest BCUT2D eigenvalue weighted by atomic mass is 9.97. The van der Waals surface area contributed by atoms with Gasteiger partial charge in [-0.1, -0.05) is 24.0 Å². The van der Waals surface area contributed by atoms with Gasteiger partial charge in [0.1, 0.15) is 9.98 Å². The third-order valence-corrected chi connectivity index (χ3v) is 4.56. The molecule has 1 atom stereocenters. The van der Waals surface area contributed by atoms with Crippen molar-refractivity contribution in [2.45, 2.75) is 31.2 Å². The smallest absolute Gasteiger partial charge is 0.138 e.